The number of rotatable bonds is 6. The topological polar surface area (TPSA) is 109 Å². The monoisotopic (exact) mass is 295 g/mol. The summed E-state index contributed by atoms with van der Waals surface area (Å²) in [4.78, 5) is 10.2. The summed E-state index contributed by atoms with van der Waals surface area (Å²) < 4.78 is 20.2. The number of hydrogen-bond donors (Lipinski definition) is 1. The second kappa shape index (κ2) is 6.37. The van der Waals surface area contributed by atoms with E-state index in [4.69, 9.17) is 10.5 Å². The van der Waals surface area contributed by atoms with E-state index in [1.807, 2.05) is 0 Å². The third-order valence-electron chi connectivity index (χ3n) is 2.88. The number of nitro groups is 1. The Kier molecular flexibility index (Phi) is 4.55. The lowest BCUT2D eigenvalue weighted by Gasteiger charge is -2.09. The number of halogens is 1. The molecule has 2 N–H and O–H groups in total. The summed E-state index contributed by atoms with van der Waals surface area (Å²) in [7, 11) is 1.54. The molecule has 0 atom stereocenters. The highest BCUT2D eigenvalue weighted by atomic mass is 19.1. The van der Waals surface area contributed by atoms with Crippen LogP contribution in [0.2, 0.25) is 0 Å². The average molecular weight is 295 g/mol. The van der Waals surface area contributed by atoms with Gasteiger partial charge in [0, 0.05) is 25.3 Å². The Hall–Kier alpha value is -2.39. The number of nitrogens with two attached hydrogens (primary N) is 1. The number of non-ortho nitro benzene ring substituents is 1. The normalized spacial score (nSPS) is 10.8. The van der Waals surface area contributed by atoms with Crippen LogP contribution in [0, 0.1) is 15.9 Å². The molecule has 0 fully saturated rings. The lowest BCUT2D eigenvalue weighted by atomic mass is 10.2. The van der Waals surface area contributed by atoms with Crippen LogP contribution in [0.5, 0.6) is 0 Å². The van der Waals surface area contributed by atoms with Crippen molar-refractivity contribution in [3.8, 4) is 11.4 Å². The minimum atomic E-state index is -0.713. The fraction of sp³-hybridized carbons (Fsp3) is 0.333. The summed E-state index contributed by atoms with van der Waals surface area (Å²) in [5.74, 6) is 0.0962. The Balaban J connectivity index is 2.50. The van der Waals surface area contributed by atoms with Gasteiger partial charge in [0.05, 0.1) is 24.1 Å². The molecule has 0 radical (unpaired) electrons. The molecule has 112 valence electrons. The van der Waals surface area contributed by atoms with Crippen molar-refractivity contribution in [1.82, 2.24) is 14.8 Å². The van der Waals surface area contributed by atoms with Gasteiger partial charge >= 0.3 is 0 Å². The molecule has 2 rings (SSSR count). The van der Waals surface area contributed by atoms with Crippen molar-refractivity contribution in [2.45, 2.75) is 13.1 Å². The maximum atomic E-state index is 13.5. The summed E-state index contributed by atoms with van der Waals surface area (Å²) in [5, 5.41) is 18.7. The molecule has 0 saturated carbocycles. The highest BCUT2D eigenvalue weighted by Gasteiger charge is 2.17. The number of benzene rings is 1. The van der Waals surface area contributed by atoms with Crippen LogP contribution in [0.4, 0.5) is 10.1 Å². The molecule has 9 heteroatoms. The Morgan fingerprint density at radius 2 is 2.19 bits per heavy atom. The van der Waals surface area contributed by atoms with Crippen LogP contribution in [0.25, 0.3) is 11.4 Å². The first-order valence-electron chi connectivity index (χ1n) is 6.13. The molecule has 0 amide bonds. The van der Waals surface area contributed by atoms with Gasteiger partial charge in [-0.15, -0.1) is 10.2 Å². The standard InChI is InChI=1S/C12H14FN5O3/c1-21-3-2-17-11(7-14)15-16-12(17)8-4-9(13)6-10(5-8)18(19)20/h4-6H,2-3,7,14H2,1H3. The summed E-state index contributed by atoms with van der Waals surface area (Å²) in [6.45, 7) is 0.944. The summed E-state index contributed by atoms with van der Waals surface area (Å²) in [5.41, 5.74) is 5.50. The van der Waals surface area contributed by atoms with Crippen LogP contribution < -0.4 is 5.73 Å². The van der Waals surface area contributed by atoms with E-state index < -0.39 is 10.7 Å². The van der Waals surface area contributed by atoms with E-state index in [-0.39, 0.29) is 17.8 Å². The van der Waals surface area contributed by atoms with E-state index in [0.29, 0.717) is 24.8 Å². The summed E-state index contributed by atoms with van der Waals surface area (Å²) in [6, 6.07) is 3.26. The molecule has 0 saturated heterocycles. The van der Waals surface area contributed by atoms with Crippen LogP contribution in [0.3, 0.4) is 0 Å². The first-order chi connectivity index (χ1) is 10.1. The Labute approximate surface area is 119 Å². The Bertz CT molecular complexity index is 658. The minimum Gasteiger partial charge on any atom is -0.383 e. The van der Waals surface area contributed by atoms with E-state index in [2.05, 4.69) is 10.2 Å². The van der Waals surface area contributed by atoms with Crippen molar-refractivity contribution in [2.24, 2.45) is 5.73 Å². The minimum absolute atomic E-state index is 0.147. The number of ether oxygens (including phenoxy) is 1. The third kappa shape index (κ3) is 3.20. The van der Waals surface area contributed by atoms with E-state index >= 15 is 0 Å². The lowest BCUT2D eigenvalue weighted by Crippen LogP contribution is -2.12. The van der Waals surface area contributed by atoms with Gasteiger partial charge < -0.3 is 15.0 Å². The van der Waals surface area contributed by atoms with Gasteiger partial charge in [0.15, 0.2) is 5.82 Å². The van der Waals surface area contributed by atoms with Crippen molar-refractivity contribution in [1.29, 1.82) is 0 Å². The second-order valence-electron chi connectivity index (χ2n) is 4.24. The van der Waals surface area contributed by atoms with Crippen molar-refractivity contribution in [2.75, 3.05) is 13.7 Å². The molecule has 0 bridgehead atoms. The molecule has 1 heterocycles. The zero-order valence-corrected chi connectivity index (χ0v) is 11.3. The molecule has 8 nitrogen and oxygen atoms in total. The Morgan fingerprint density at radius 3 is 2.81 bits per heavy atom. The highest BCUT2D eigenvalue weighted by molar-refractivity contribution is 5.59. The molecular weight excluding hydrogens is 281 g/mol. The quantitative estimate of drug-likeness (QED) is 0.631. The van der Waals surface area contributed by atoms with E-state index in [1.54, 1.807) is 11.7 Å². The van der Waals surface area contributed by atoms with Gasteiger partial charge in [0.1, 0.15) is 11.6 Å². The van der Waals surface area contributed by atoms with Gasteiger partial charge in [-0.05, 0) is 6.07 Å². The molecule has 0 aliphatic heterocycles. The fourth-order valence-electron chi connectivity index (χ4n) is 1.93. The number of nitro benzene ring substituents is 1. The smallest absolute Gasteiger partial charge is 0.273 e. The number of methoxy groups -OCH3 is 1. The lowest BCUT2D eigenvalue weighted by molar-refractivity contribution is -0.385. The van der Waals surface area contributed by atoms with Gasteiger partial charge in [-0.3, -0.25) is 10.1 Å². The van der Waals surface area contributed by atoms with Crippen LogP contribution >= 0.6 is 0 Å². The number of hydrogen-bond acceptors (Lipinski definition) is 6. The van der Waals surface area contributed by atoms with E-state index in [1.165, 1.54) is 12.1 Å². The van der Waals surface area contributed by atoms with E-state index in [0.717, 1.165) is 6.07 Å². The largest absolute Gasteiger partial charge is 0.383 e. The van der Waals surface area contributed by atoms with Crippen molar-refractivity contribution < 1.29 is 14.1 Å². The van der Waals surface area contributed by atoms with Crippen LogP contribution in [-0.2, 0) is 17.8 Å². The first-order valence-corrected chi connectivity index (χ1v) is 6.13. The molecule has 1 aromatic carbocycles. The van der Waals surface area contributed by atoms with Gasteiger partial charge in [-0.25, -0.2) is 4.39 Å². The van der Waals surface area contributed by atoms with Crippen molar-refractivity contribution in [3.63, 3.8) is 0 Å². The van der Waals surface area contributed by atoms with Crippen LogP contribution in [0.15, 0.2) is 18.2 Å². The second-order valence-corrected chi connectivity index (χ2v) is 4.24. The third-order valence-corrected chi connectivity index (χ3v) is 2.88. The van der Waals surface area contributed by atoms with Gasteiger partial charge in [0.25, 0.3) is 5.69 Å². The van der Waals surface area contributed by atoms with Gasteiger partial charge in [0.2, 0.25) is 0 Å². The fourth-order valence-corrected chi connectivity index (χ4v) is 1.93. The molecule has 0 aliphatic carbocycles. The highest BCUT2D eigenvalue weighted by Crippen LogP contribution is 2.25. The van der Waals surface area contributed by atoms with Crippen LogP contribution in [0.1, 0.15) is 5.82 Å². The van der Waals surface area contributed by atoms with Crippen LogP contribution in [-0.4, -0.2) is 33.4 Å². The predicted octanol–water partition coefficient (Wildman–Crippen LogP) is 1.10. The maximum absolute atomic E-state index is 13.5. The zero-order valence-electron chi connectivity index (χ0n) is 11.3. The summed E-state index contributed by atoms with van der Waals surface area (Å²) in [6.07, 6.45) is 0. The first kappa shape index (κ1) is 15.0. The van der Waals surface area contributed by atoms with Crippen molar-refractivity contribution in [3.05, 3.63) is 40.0 Å². The van der Waals surface area contributed by atoms with E-state index in [9.17, 15) is 14.5 Å². The molecule has 1 aromatic heterocycles. The molecule has 21 heavy (non-hydrogen) atoms. The molecule has 0 aliphatic rings. The summed E-state index contributed by atoms with van der Waals surface area (Å²) >= 11 is 0. The zero-order chi connectivity index (χ0) is 15.4. The predicted molar refractivity (Wildman–Crippen MR) is 71.8 cm³/mol. The van der Waals surface area contributed by atoms with Crippen molar-refractivity contribution >= 4 is 5.69 Å². The molecule has 0 spiro atoms. The number of aromatic nitrogens is 3. The Morgan fingerprint density at radius 1 is 1.43 bits per heavy atom. The number of nitrogens with zero attached hydrogens (tertiary/aromatic N) is 4. The molecule has 2 aromatic rings. The van der Waals surface area contributed by atoms with Gasteiger partial charge in [-0.1, -0.05) is 0 Å². The maximum Gasteiger partial charge on any atom is 0.273 e. The SMILES string of the molecule is COCCn1c(CN)nnc1-c1cc(F)cc([N+](=O)[O-])c1. The van der Waals surface area contributed by atoms with Gasteiger partial charge in [-0.2, -0.15) is 0 Å². The average Bonchev–Trinajstić information content (AvgIpc) is 2.87. The molecular formula is C12H14FN5O3. The molecule has 0 unspecified atom stereocenters.